The number of aromatic nitrogens is 5. The molecule has 1 atom stereocenters. The maximum atomic E-state index is 4.54. The molecule has 4 aromatic rings. The number of nitrogens with zero attached hydrogens (tertiary/aromatic N) is 5. The predicted molar refractivity (Wildman–Crippen MR) is 99.4 cm³/mol. The van der Waals surface area contributed by atoms with Crippen LogP contribution in [0, 0.1) is 6.92 Å². The molecule has 6 heteroatoms. The summed E-state index contributed by atoms with van der Waals surface area (Å²) in [5.41, 5.74) is 3.05. The van der Waals surface area contributed by atoms with Crippen molar-refractivity contribution in [1.82, 2.24) is 24.5 Å². The molecule has 0 fully saturated rings. The minimum atomic E-state index is 0.0788. The van der Waals surface area contributed by atoms with Gasteiger partial charge in [0.15, 0.2) is 5.82 Å². The fraction of sp³-hybridized carbons (Fsp3) is 0.158. The van der Waals surface area contributed by atoms with Crippen LogP contribution in [0.4, 0.5) is 0 Å². The Kier molecular flexibility index (Phi) is 4.11. The van der Waals surface area contributed by atoms with E-state index in [1.807, 2.05) is 49.2 Å². The Labute approximate surface area is 150 Å². The van der Waals surface area contributed by atoms with Crippen molar-refractivity contribution in [1.29, 1.82) is 0 Å². The van der Waals surface area contributed by atoms with Crippen molar-refractivity contribution >= 4 is 11.3 Å². The summed E-state index contributed by atoms with van der Waals surface area (Å²) in [5.74, 6) is 1.58. The molecule has 0 spiro atoms. The molecule has 0 saturated carbocycles. The lowest BCUT2D eigenvalue weighted by Gasteiger charge is -2.16. The highest BCUT2D eigenvalue weighted by Crippen LogP contribution is 2.26. The van der Waals surface area contributed by atoms with E-state index in [4.69, 9.17) is 0 Å². The first-order chi connectivity index (χ1) is 12.2. The summed E-state index contributed by atoms with van der Waals surface area (Å²) in [6.45, 7) is 4.15. The average Bonchev–Trinajstić information content (AvgIpc) is 3.34. The van der Waals surface area contributed by atoms with Gasteiger partial charge in [0.2, 0.25) is 0 Å². The number of thiophene rings is 1. The first-order valence-corrected chi connectivity index (χ1v) is 8.92. The molecule has 0 bridgehead atoms. The second-order valence-corrected chi connectivity index (χ2v) is 6.81. The van der Waals surface area contributed by atoms with E-state index in [1.165, 1.54) is 0 Å². The van der Waals surface area contributed by atoms with Crippen molar-refractivity contribution in [2.24, 2.45) is 0 Å². The Morgan fingerprint density at radius 2 is 1.84 bits per heavy atom. The average molecular weight is 347 g/mol. The molecule has 0 aliphatic heterocycles. The van der Waals surface area contributed by atoms with Crippen LogP contribution in [0.3, 0.4) is 0 Å². The molecule has 0 radical (unpaired) electrons. The molecule has 4 heterocycles. The van der Waals surface area contributed by atoms with E-state index in [9.17, 15) is 0 Å². The van der Waals surface area contributed by atoms with Crippen LogP contribution in [-0.4, -0.2) is 24.5 Å². The van der Waals surface area contributed by atoms with E-state index in [-0.39, 0.29) is 6.04 Å². The highest BCUT2D eigenvalue weighted by Gasteiger charge is 2.15. The number of imidazole rings is 1. The third-order valence-electron chi connectivity index (χ3n) is 4.10. The number of aryl methyl sites for hydroxylation is 1. The quantitative estimate of drug-likeness (QED) is 0.550. The van der Waals surface area contributed by atoms with Crippen LogP contribution in [0.1, 0.15) is 24.2 Å². The van der Waals surface area contributed by atoms with Gasteiger partial charge in [-0.1, -0.05) is 12.1 Å². The largest absolute Gasteiger partial charge is 0.322 e. The van der Waals surface area contributed by atoms with Crippen molar-refractivity contribution in [2.45, 2.75) is 19.9 Å². The monoisotopic (exact) mass is 347 g/mol. The minimum Gasteiger partial charge on any atom is -0.322 e. The maximum absolute atomic E-state index is 4.54. The van der Waals surface area contributed by atoms with Gasteiger partial charge in [0, 0.05) is 31.0 Å². The molecule has 4 aromatic heterocycles. The SMILES string of the molecule is Cc1ccc([C@@H](C)n2ccnc2-c2cnc(-c3cccs3)nc2)nc1. The molecule has 0 amide bonds. The van der Waals surface area contributed by atoms with Crippen molar-refractivity contribution in [3.8, 4) is 22.1 Å². The third kappa shape index (κ3) is 3.08. The summed E-state index contributed by atoms with van der Waals surface area (Å²) in [5, 5.41) is 2.02. The second-order valence-electron chi connectivity index (χ2n) is 5.87. The molecule has 124 valence electrons. The zero-order chi connectivity index (χ0) is 17.2. The molecular weight excluding hydrogens is 330 g/mol. The fourth-order valence-electron chi connectivity index (χ4n) is 2.69. The van der Waals surface area contributed by atoms with E-state index >= 15 is 0 Å². The van der Waals surface area contributed by atoms with Crippen LogP contribution in [-0.2, 0) is 0 Å². The Balaban J connectivity index is 1.66. The highest BCUT2D eigenvalue weighted by atomic mass is 32.1. The predicted octanol–water partition coefficient (Wildman–Crippen LogP) is 4.38. The summed E-state index contributed by atoms with van der Waals surface area (Å²) in [4.78, 5) is 19.1. The highest BCUT2D eigenvalue weighted by molar-refractivity contribution is 7.13. The first-order valence-electron chi connectivity index (χ1n) is 8.04. The summed E-state index contributed by atoms with van der Waals surface area (Å²) >= 11 is 1.63. The minimum absolute atomic E-state index is 0.0788. The summed E-state index contributed by atoms with van der Waals surface area (Å²) < 4.78 is 2.10. The molecule has 4 rings (SSSR count). The van der Waals surface area contributed by atoms with E-state index in [0.717, 1.165) is 33.3 Å². The van der Waals surface area contributed by atoms with Crippen LogP contribution in [0.2, 0.25) is 0 Å². The summed E-state index contributed by atoms with van der Waals surface area (Å²) in [7, 11) is 0. The molecule has 0 saturated heterocycles. The normalized spacial score (nSPS) is 12.2. The lowest BCUT2D eigenvalue weighted by atomic mass is 10.1. The number of rotatable bonds is 4. The summed E-state index contributed by atoms with van der Waals surface area (Å²) in [6, 6.07) is 8.23. The topological polar surface area (TPSA) is 56.5 Å². The first kappa shape index (κ1) is 15.7. The summed E-state index contributed by atoms with van der Waals surface area (Å²) in [6.07, 6.45) is 9.32. The van der Waals surface area contributed by atoms with Crippen molar-refractivity contribution in [3.05, 3.63) is 71.9 Å². The molecule has 25 heavy (non-hydrogen) atoms. The van der Waals surface area contributed by atoms with Gasteiger partial charge in [-0.15, -0.1) is 11.3 Å². The Morgan fingerprint density at radius 1 is 1.00 bits per heavy atom. The Morgan fingerprint density at radius 3 is 2.52 bits per heavy atom. The Bertz CT molecular complexity index is 956. The van der Waals surface area contributed by atoms with Gasteiger partial charge in [-0.05, 0) is 36.9 Å². The maximum Gasteiger partial charge on any atom is 0.169 e. The molecule has 0 N–H and O–H groups in total. The zero-order valence-electron chi connectivity index (χ0n) is 14.0. The molecular formula is C19H17N5S. The fourth-order valence-corrected chi connectivity index (χ4v) is 3.37. The van der Waals surface area contributed by atoms with Crippen LogP contribution >= 0.6 is 11.3 Å². The van der Waals surface area contributed by atoms with Crippen molar-refractivity contribution in [2.75, 3.05) is 0 Å². The van der Waals surface area contributed by atoms with E-state index in [2.05, 4.69) is 43.6 Å². The van der Waals surface area contributed by atoms with Crippen LogP contribution in [0.15, 0.2) is 60.6 Å². The van der Waals surface area contributed by atoms with Crippen molar-refractivity contribution < 1.29 is 0 Å². The van der Waals surface area contributed by atoms with Crippen LogP contribution in [0.5, 0.6) is 0 Å². The molecule has 0 aliphatic rings. The van der Waals surface area contributed by atoms with E-state index in [0.29, 0.717) is 0 Å². The van der Waals surface area contributed by atoms with Gasteiger partial charge in [0.1, 0.15) is 5.82 Å². The number of pyridine rings is 1. The van der Waals surface area contributed by atoms with Gasteiger partial charge >= 0.3 is 0 Å². The molecule has 5 nitrogen and oxygen atoms in total. The standard InChI is InChI=1S/C19H17N5S/c1-13-5-6-16(21-10-13)14(2)24-8-7-20-19(24)15-11-22-18(23-12-15)17-4-3-9-25-17/h3-12,14H,1-2H3/t14-/m1/s1. The second kappa shape index (κ2) is 6.57. The third-order valence-corrected chi connectivity index (χ3v) is 4.97. The van der Waals surface area contributed by atoms with Gasteiger partial charge in [-0.3, -0.25) is 4.98 Å². The Hall–Kier alpha value is -2.86. The van der Waals surface area contributed by atoms with Crippen LogP contribution < -0.4 is 0 Å². The van der Waals surface area contributed by atoms with Gasteiger partial charge in [0.25, 0.3) is 0 Å². The number of hydrogen-bond acceptors (Lipinski definition) is 5. The molecule has 0 aromatic carbocycles. The van der Waals surface area contributed by atoms with Crippen LogP contribution in [0.25, 0.3) is 22.1 Å². The lowest BCUT2D eigenvalue weighted by Crippen LogP contribution is -2.09. The smallest absolute Gasteiger partial charge is 0.169 e. The van der Waals surface area contributed by atoms with Gasteiger partial charge in [0.05, 0.1) is 22.2 Å². The lowest BCUT2D eigenvalue weighted by molar-refractivity contribution is 0.626. The van der Waals surface area contributed by atoms with Gasteiger partial charge in [-0.2, -0.15) is 0 Å². The van der Waals surface area contributed by atoms with Crippen molar-refractivity contribution in [3.63, 3.8) is 0 Å². The molecule has 0 unspecified atom stereocenters. The zero-order valence-corrected chi connectivity index (χ0v) is 14.8. The van der Waals surface area contributed by atoms with Gasteiger partial charge in [-0.25, -0.2) is 15.0 Å². The van der Waals surface area contributed by atoms with E-state index < -0.39 is 0 Å². The van der Waals surface area contributed by atoms with Gasteiger partial charge < -0.3 is 4.57 Å². The number of hydrogen-bond donors (Lipinski definition) is 0. The van der Waals surface area contributed by atoms with E-state index in [1.54, 1.807) is 17.5 Å². The molecule has 0 aliphatic carbocycles.